The number of fused-ring (bicyclic) bond motifs is 2. The molecule has 0 radical (unpaired) electrons. The number of hydrogen-bond donors (Lipinski definition) is 1. The molecule has 0 amide bonds. The van der Waals surface area contributed by atoms with Gasteiger partial charge in [0.15, 0.2) is 0 Å². The quantitative estimate of drug-likeness (QED) is 0.932. The maximum absolute atomic E-state index is 12.3. The molecular weight excluding hydrogens is 306 g/mol. The van der Waals surface area contributed by atoms with Crippen LogP contribution in [0.15, 0.2) is 35.3 Å². The van der Waals surface area contributed by atoms with E-state index in [9.17, 15) is 14.7 Å². The Bertz CT molecular complexity index is 832. The Morgan fingerprint density at radius 1 is 1.29 bits per heavy atom. The molecule has 1 saturated carbocycles. The molecule has 3 atom stereocenters. The first-order valence-electron chi connectivity index (χ1n) is 8.59. The third kappa shape index (κ3) is 2.60. The van der Waals surface area contributed by atoms with Gasteiger partial charge in [-0.1, -0.05) is 18.9 Å². The molecular formula is C18H21N3O3. The molecule has 2 fully saturated rings. The van der Waals surface area contributed by atoms with Crippen molar-refractivity contribution in [1.82, 2.24) is 14.3 Å². The molecule has 1 saturated heterocycles. The molecule has 6 heteroatoms. The van der Waals surface area contributed by atoms with Gasteiger partial charge in [0.25, 0.3) is 5.56 Å². The minimum Gasteiger partial charge on any atom is -0.480 e. The van der Waals surface area contributed by atoms with Crippen molar-refractivity contribution in [3.63, 3.8) is 0 Å². The lowest BCUT2D eigenvalue weighted by molar-refractivity contribution is -0.142. The summed E-state index contributed by atoms with van der Waals surface area (Å²) < 4.78 is 1.51. The average molecular weight is 327 g/mol. The zero-order valence-electron chi connectivity index (χ0n) is 13.5. The maximum Gasteiger partial charge on any atom is 0.320 e. The van der Waals surface area contributed by atoms with Gasteiger partial charge in [0.1, 0.15) is 11.7 Å². The smallest absolute Gasteiger partial charge is 0.320 e. The standard InChI is InChI=1S/C18H21N3O3/c22-17-10-13(19-16-7-3-4-8-20(16)17)11-21-14-6-2-1-5-12(14)9-15(21)18(23)24/h3-4,7-8,10,12,14-15H,1-2,5-6,9,11H2,(H,23,24). The van der Waals surface area contributed by atoms with E-state index in [1.807, 2.05) is 6.07 Å². The summed E-state index contributed by atoms with van der Waals surface area (Å²) in [5, 5.41) is 9.61. The third-order valence-electron chi connectivity index (χ3n) is 5.47. The number of nitrogens with zero attached hydrogens (tertiary/aromatic N) is 3. The van der Waals surface area contributed by atoms with Gasteiger partial charge >= 0.3 is 5.97 Å². The second kappa shape index (κ2) is 6.02. The van der Waals surface area contributed by atoms with Crippen LogP contribution in [-0.2, 0) is 11.3 Å². The summed E-state index contributed by atoms with van der Waals surface area (Å²) in [6.07, 6.45) is 6.91. The SMILES string of the molecule is O=C(O)C1CC2CCCCC2N1Cc1cc(=O)n2ccccc2n1. The number of hydrogen-bond acceptors (Lipinski definition) is 4. The lowest BCUT2D eigenvalue weighted by atomic mass is 9.85. The monoisotopic (exact) mass is 327 g/mol. The molecule has 126 valence electrons. The Morgan fingerprint density at radius 3 is 2.96 bits per heavy atom. The van der Waals surface area contributed by atoms with E-state index in [-0.39, 0.29) is 5.56 Å². The predicted molar refractivity (Wildman–Crippen MR) is 88.8 cm³/mol. The Morgan fingerprint density at radius 2 is 2.12 bits per heavy atom. The molecule has 2 aromatic rings. The molecule has 1 N–H and O–H groups in total. The van der Waals surface area contributed by atoms with Gasteiger partial charge in [0.2, 0.25) is 0 Å². The largest absolute Gasteiger partial charge is 0.480 e. The molecule has 1 aliphatic carbocycles. The van der Waals surface area contributed by atoms with Gasteiger partial charge in [0.05, 0.1) is 5.69 Å². The number of likely N-dealkylation sites (tertiary alicyclic amines) is 1. The van der Waals surface area contributed by atoms with Crippen LogP contribution >= 0.6 is 0 Å². The summed E-state index contributed by atoms with van der Waals surface area (Å²) in [7, 11) is 0. The van der Waals surface area contributed by atoms with E-state index >= 15 is 0 Å². The average Bonchev–Trinajstić information content (AvgIpc) is 2.94. The van der Waals surface area contributed by atoms with Gasteiger partial charge in [-0.15, -0.1) is 0 Å². The van der Waals surface area contributed by atoms with E-state index in [0.717, 1.165) is 19.3 Å². The molecule has 0 bridgehead atoms. The molecule has 3 unspecified atom stereocenters. The molecule has 2 aliphatic rings. The van der Waals surface area contributed by atoms with Crippen LogP contribution in [0.2, 0.25) is 0 Å². The van der Waals surface area contributed by atoms with Crippen molar-refractivity contribution in [2.45, 2.75) is 50.7 Å². The lowest BCUT2D eigenvalue weighted by Gasteiger charge is -2.32. The van der Waals surface area contributed by atoms with Crippen LogP contribution in [0.25, 0.3) is 5.65 Å². The number of pyridine rings is 1. The molecule has 2 aromatic heterocycles. The first kappa shape index (κ1) is 15.3. The van der Waals surface area contributed by atoms with Crippen molar-refractivity contribution >= 4 is 11.6 Å². The minimum absolute atomic E-state index is 0.123. The Balaban J connectivity index is 1.67. The van der Waals surface area contributed by atoms with Gasteiger partial charge in [-0.25, -0.2) is 4.98 Å². The van der Waals surface area contributed by atoms with Crippen LogP contribution < -0.4 is 5.56 Å². The molecule has 0 spiro atoms. The second-order valence-electron chi connectivity index (χ2n) is 6.89. The summed E-state index contributed by atoms with van der Waals surface area (Å²) in [5.74, 6) is -0.302. The summed E-state index contributed by atoms with van der Waals surface area (Å²) in [6, 6.07) is 6.81. The van der Waals surface area contributed by atoms with Crippen LogP contribution in [0, 0.1) is 5.92 Å². The third-order valence-corrected chi connectivity index (χ3v) is 5.47. The summed E-state index contributed by atoms with van der Waals surface area (Å²) in [6.45, 7) is 0.429. The number of aliphatic carboxylic acids is 1. The molecule has 24 heavy (non-hydrogen) atoms. The molecule has 4 rings (SSSR count). The summed E-state index contributed by atoms with van der Waals surface area (Å²) in [4.78, 5) is 30.6. The van der Waals surface area contributed by atoms with Crippen molar-refractivity contribution in [3.8, 4) is 0 Å². The Hall–Kier alpha value is -2.21. The van der Waals surface area contributed by atoms with Gasteiger partial charge < -0.3 is 5.11 Å². The Labute approximate surface area is 139 Å². The van der Waals surface area contributed by atoms with Gasteiger partial charge in [-0.2, -0.15) is 0 Å². The van der Waals surface area contributed by atoms with Gasteiger partial charge in [-0.3, -0.25) is 18.9 Å². The number of aromatic nitrogens is 2. The maximum atomic E-state index is 12.3. The summed E-state index contributed by atoms with van der Waals surface area (Å²) in [5.41, 5.74) is 1.14. The fraction of sp³-hybridized carbons (Fsp3) is 0.500. The number of carboxylic acid groups (broad SMARTS) is 1. The van der Waals surface area contributed by atoms with E-state index in [0.29, 0.717) is 36.3 Å². The summed E-state index contributed by atoms with van der Waals surface area (Å²) >= 11 is 0. The first-order chi connectivity index (χ1) is 11.6. The van der Waals surface area contributed by atoms with E-state index in [1.165, 1.54) is 16.9 Å². The van der Waals surface area contributed by atoms with E-state index in [2.05, 4.69) is 9.88 Å². The van der Waals surface area contributed by atoms with Crippen molar-refractivity contribution < 1.29 is 9.90 Å². The van der Waals surface area contributed by atoms with Crippen LogP contribution in [0.3, 0.4) is 0 Å². The normalized spacial score (nSPS) is 27.2. The second-order valence-corrected chi connectivity index (χ2v) is 6.89. The van der Waals surface area contributed by atoms with Crippen LogP contribution in [0.5, 0.6) is 0 Å². The molecule has 1 aliphatic heterocycles. The van der Waals surface area contributed by atoms with Crippen LogP contribution in [-0.4, -0.2) is 37.4 Å². The zero-order chi connectivity index (χ0) is 16.7. The van der Waals surface area contributed by atoms with E-state index in [4.69, 9.17) is 0 Å². The fourth-order valence-electron chi connectivity index (χ4n) is 4.39. The minimum atomic E-state index is -0.762. The highest BCUT2D eigenvalue weighted by molar-refractivity contribution is 5.74. The predicted octanol–water partition coefficient (Wildman–Crippen LogP) is 1.91. The highest BCUT2D eigenvalue weighted by Gasteiger charge is 2.45. The molecule has 3 heterocycles. The number of carbonyl (C=O) groups is 1. The molecule has 0 aromatic carbocycles. The van der Waals surface area contributed by atoms with Crippen molar-refractivity contribution in [3.05, 3.63) is 46.5 Å². The zero-order valence-corrected chi connectivity index (χ0v) is 13.5. The lowest BCUT2D eigenvalue weighted by Crippen LogP contribution is -2.42. The number of rotatable bonds is 3. The van der Waals surface area contributed by atoms with Crippen molar-refractivity contribution in [2.75, 3.05) is 0 Å². The van der Waals surface area contributed by atoms with Crippen molar-refractivity contribution in [2.24, 2.45) is 5.92 Å². The first-order valence-corrected chi connectivity index (χ1v) is 8.59. The fourth-order valence-corrected chi connectivity index (χ4v) is 4.39. The van der Waals surface area contributed by atoms with Crippen LogP contribution in [0.1, 0.15) is 37.8 Å². The highest BCUT2D eigenvalue weighted by atomic mass is 16.4. The highest BCUT2D eigenvalue weighted by Crippen LogP contribution is 2.40. The van der Waals surface area contributed by atoms with Crippen LogP contribution in [0.4, 0.5) is 0 Å². The van der Waals surface area contributed by atoms with Gasteiger partial charge in [-0.05, 0) is 37.3 Å². The van der Waals surface area contributed by atoms with Crippen molar-refractivity contribution in [1.29, 1.82) is 0 Å². The topological polar surface area (TPSA) is 74.9 Å². The van der Waals surface area contributed by atoms with E-state index < -0.39 is 12.0 Å². The van der Waals surface area contributed by atoms with Gasteiger partial charge in [0, 0.05) is 24.8 Å². The van der Waals surface area contributed by atoms with E-state index in [1.54, 1.807) is 18.3 Å². The number of carboxylic acids is 1. The molecule has 6 nitrogen and oxygen atoms in total. The Kier molecular flexibility index (Phi) is 3.84.